The number of carbonyl (C=O) groups is 2. The second-order valence-corrected chi connectivity index (χ2v) is 5.69. The first-order valence-corrected chi connectivity index (χ1v) is 7.40. The molecule has 1 saturated heterocycles. The van der Waals surface area contributed by atoms with Crippen molar-refractivity contribution in [3.05, 3.63) is 65.7 Å². The van der Waals surface area contributed by atoms with E-state index >= 15 is 0 Å². The van der Waals surface area contributed by atoms with Gasteiger partial charge in [0.05, 0.1) is 5.69 Å². The van der Waals surface area contributed by atoms with Crippen LogP contribution >= 0.6 is 0 Å². The van der Waals surface area contributed by atoms with Gasteiger partial charge in [-0.2, -0.15) is 0 Å². The van der Waals surface area contributed by atoms with Crippen LogP contribution in [0, 0.1) is 12.8 Å². The lowest BCUT2D eigenvalue weighted by atomic mass is 9.93. The average Bonchev–Trinajstić information content (AvgIpc) is 3.10. The smallest absolute Gasteiger partial charge is 0.278 e. The fourth-order valence-corrected chi connectivity index (χ4v) is 2.97. The summed E-state index contributed by atoms with van der Waals surface area (Å²) in [7, 11) is 0. The molecule has 0 N–H and O–H groups in total. The molecule has 2 aliphatic heterocycles. The van der Waals surface area contributed by atoms with E-state index in [1.54, 1.807) is 24.3 Å². The minimum absolute atomic E-state index is 0.289. The molecule has 5 heteroatoms. The van der Waals surface area contributed by atoms with Gasteiger partial charge in [-0.3, -0.25) is 9.59 Å². The van der Waals surface area contributed by atoms with Gasteiger partial charge in [-0.05, 0) is 19.1 Å². The molecule has 23 heavy (non-hydrogen) atoms. The fraction of sp³-hybridized carbons (Fsp3) is 0.167. The minimum Gasteiger partial charge on any atom is -0.381 e. The van der Waals surface area contributed by atoms with Crippen molar-refractivity contribution in [1.82, 2.24) is 0 Å². The van der Waals surface area contributed by atoms with Crippen LogP contribution in [0.1, 0.15) is 11.1 Å². The van der Waals surface area contributed by atoms with Crippen molar-refractivity contribution >= 4 is 23.2 Å². The molecule has 0 bridgehead atoms. The number of anilines is 1. The van der Waals surface area contributed by atoms with Crippen LogP contribution in [-0.2, 0) is 14.4 Å². The SMILES string of the molecule is Cc1ccc(C2=NO[C@H]3C(=O)N(c4ccccc4)C(=O)[C@@H]23)cc1. The number of imide groups is 1. The Labute approximate surface area is 133 Å². The molecule has 0 aromatic heterocycles. The second-order valence-electron chi connectivity index (χ2n) is 5.69. The van der Waals surface area contributed by atoms with Crippen LogP contribution in [0.25, 0.3) is 0 Å². The Morgan fingerprint density at radius 1 is 0.957 bits per heavy atom. The lowest BCUT2D eigenvalue weighted by Crippen LogP contribution is -2.33. The molecule has 114 valence electrons. The second kappa shape index (κ2) is 5.05. The summed E-state index contributed by atoms with van der Waals surface area (Å²) in [5, 5.41) is 4.00. The van der Waals surface area contributed by atoms with Gasteiger partial charge >= 0.3 is 0 Å². The lowest BCUT2D eigenvalue weighted by Gasteiger charge is -2.15. The van der Waals surface area contributed by atoms with Gasteiger partial charge in [0.15, 0.2) is 0 Å². The zero-order valence-corrected chi connectivity index (χ0v) is 12.5. The molecule has 2 atom stereocenters. The van der Waals surface area contributed by atoms with E-state index in [-0.39, 0.29) is 11.8 Å². The third kappa shape index (κ3) is 2.04. The highest BCUT2D eigenvalue weighted by molar-refractivity contribution is 6.32. The maximum atomic E-state index is 12.8. The molecule has 5 nitrogen and oxygen atoms in total. The maximum absolute atomic E-state index is 12.8. The van der Waals surface area contributed by atoms with E-state index in [0.717, 1.165) is 11.1 Å². The number of nitrogens with zero attached hydrogens (tertiary/aromatic N) is 2. The Morgan fingerprint density at radius 3 is 2.35 bits per heavy atom. The first kappa shape index (κ1) is 13.7. The van der Waals surface area contributed by atoms with Crippen LogP contribution in [0.2, 0.25) is 0 Å². The number of benzene rings is 2. The van der Waals surface area contributed by atoms with Crippen molar-refractivity contribution in [3.8, 4) is 0 Å². The number of para-hydroxylation sites is 1. The quantitative estimate of drug-likeness (QED) is 0.800. The molecule has 4 rings (SSSR count). The van der Waals surface area contributed by atoms with Crippen LogP contribution in [-0.4, -0.2) is 23.6 Å². The highest BCUT2D eigenvalue weighted by Crippen LogP contribution is 2.34. The monoisotopic (exact) mass is 306 g/mol. The minimum atomic E-state index is -0.862. The Bertz CT molecular complexity index is 812. The van der Waals surface area contributed by atoms with E-state index in [1.807, 2.05) is 37.3 Å². The van der Waals surface area contributed by atoms with E-state index < -0.39 is 12.0 Å². The van der Waals surface area contributed by atoms with E-state index in [9.17, 15) is 9.59 Å². The number of hydrogen-bond donors (Lipinski definition) is 0. The molecule has 1 fully saturated rings. The number of hydrogen-bond acceptors (Lipinski definition) is 4. The standard InChI is InChI=1S/C18H14N2O3/c1-11-7-9-12(10-8-11)15-14-16(23-19-15)18(22)20(17(14)21)13-5-3-2-4-6-13/h2-10,14,16H,1H3/t14-,16+/m0/s1. The van der Waals surface area contributed by atoms with Gasteiger partial charge in [-0.25, -0.2) is 4.90 Å². The molecular formula is C18H14N2O3. The Morgan fingerprint density at radius 2 is 1.65 bits per heavy atom. The predicted octanol–water partition coefficient (Wildman–Crippen LogP) is 2.29. The first-order chi connectivity index (χ1) is 11.2. The van der Waals surface area contributed by atoms with E-state index in [1.165, 1.54) is 4.90 Å². The molecule has 2 heterocycles. The molecule has 2 amide bonds. The normalized spacial score (nSPS) is 22.8. The van der Waals surface area contributed by atoms with Gasteiger partial charge < -0.3 is 4.84 Å². The number of aryl methyl sites for hydroxylation is 1. The highest BCUT2D eigenvalue weighted by atomic mass is 16.6. The van der Waals surface area contributed by atoms with Gasteiger partial charge in [-0.15, -0.1) is 0 Å². The van der Waals surface area contributed by atoms with Crippen LogP contribution in [0.15, 0.2) is 59.8 Å². The van der Waals surface area contributed by atoms with Gasteiger partial charge in [0.2, 0.25) is 12.0 Å². The summed E-state index contributed by atoms with van der Waals surface area (Å²) in [6, 6.07) is 16.6. The predicted molar refractivity (Wildman–Crippen MR) is 85.0 cm³/mol. The molecule has 0 saturated carbocycles. The molecular weight excluding hydrogens is 292 g/mol. The first-order valence-electron chi connectivity index (χ1n) is 7.40. The number of amides is 2. The Balaban J connectivity index is 1.71. The average molecular weight is 306 g/mol. The van der Waals surface area contributed by atoms with E-state index in [2.05, 4.69) is 5.16 Å². The molecule has 0 radical (unpaired) electrons. The van der Waals surface area contributed by atoms with Crippen LogP contribution < -0.4 is 4.90 Å². The van der Waals surface area contributed by atoms with Crippen LogP contribution in [0.4, 0.5) is 5.69 Å². The Kier molecular flexibility index (Phi) is 3.01. The third-order valence-electron chi connectivity index (χ3n) is 4.17. The fourth-order valence-electron chi connectivity index (χ4n) is 2.97. The summed E-state index contributed by atoms with van der Waals surface area (Å²) in [6.45, 7) is 1.99. The number of carbonyl (C=O) groups excluding carboxylic acids is 2. The maximum Gasteiger partial charge on any atom is 0.278 e. The molecule has 0 aliphatic carbocycles. The third-order valence-corrected chi connectivity index (χ3v) is 4.17. The summed E-state index contributed by atoms with van der Waals surface area (Å²) in [6.07, 6.45) is -0.862. The summed E-state index contributed by atoms with van der Waals surface area (Å²) in [5.41, 5.74) is 3.00. The van der Waals surface area contributed by atoms with Gasteiger partial charge in [0.1, 0.15) is 11.6 Å². The van der Waals surface area contributed by atoms with Crippen molar-refractivity contribution in [2.24, 2.45) is 11.1 Å². The lowest BCUT2D eigenvalue weighted by molar-refractivity contribution is -0.126. The van der Waals surface area contributed by atoms with Crippen LogP contribution in [0.5, 0.6) is 0 Å². The molecule has 0 unspecified atom stereocenters. The number of fused-ring (bicyclic) bond motifs is 1. The zero-order chi connectivity index (χ0) is 16.0. The molecule has 2 aromatic rings. The summed E-state index contributed by atoms with van der Waals surface area (Å²) >= 11 is 0. The summed E-state index contributed by atoms with van der Waals surface area (Å²) in [4.78, 5) is 31.8. The molecule has 2 aliphatic rings. The van der Waals surface area contributed by atoms with E-state index in [4.69, 9.17) is 4.84 Å². The van der Waals surface area contributed by atoms with Crippen molar-refractivity contribution in [3.63, 3.8) is 0 Å². The Hall–Kier alpha value is -2.95. The van der Waals surface area contributed by atoms with Gasteiger partial charge in [0.25, 0.3) is 5.91 Å². The topological polar surface area (TPSA) is 59.0 Å². The van der Waals surface area contributed by atoms with Crippen molar-refractivity contribution in [2.45, 2.75) is 13.0 Å². The zero-order valence-electron chi connectivity index (χ0n) is 12.5. The van der Waals surface area contributed by atoms with E-state index in [0.29, 0.717) is 11.4 Å². The number of oxime groups is 1. The van der Waals surface area contributed by atoms with Gasteiger partial charge in [0, 0.05) is 5.56 Å². The van der Waals surface area contributed by atoms with Crippen molar-refractivity contribution < 1.29 is 14.4 Å². The highest BCUT2D eigenvalue weighted by Gasteiger charge is 2.56. The largest absolute Gasteiger partial charge is 0.381 e. The summed E-state index contributed by atoms with van der Waals surface area (Å²) < 4.78 is 0. The van der Waals surface area contributed by atoms with Crippen molar-refractivity contribution in [1.29, 1.82) is 0 Å². The van der Waals surface area contributed by atoms with Gasteiger partial charge in [-0.1, -0.05) is 53.2 Å². The molecule has 2 aromatic carbocycles. The van der Waals surface area contributed by atoms with Crippen molar-refractivity contribution in [2.75, 3.05) is 4.90 Å². The molecule has 0 spiro atoms. The van der Waals surface area contributed by atoms with Crippen LogP contribution in [0.3, 0.4) is 0 Å². The number of rotatable bonds is 2. The summed E-state index contributed by atoms with van der Waals surface area (Å²) in [5.74, 6) is -1.33.